The van der Waals surface area contributed by atoms with Crippen LogP contribution in [0.1, 0.15) is 18.5 Å². The molecule has 3 nitrogen and oxygen atoms in total. The minimum Gasteiger partial charge on any atom is -0.313 e. The van der Waals surface area contributed by atoms with Gasteiger partial charge in [-0.05, 0) is 31.7 Å². The summed E-state index contributed by atoms with van der Waals surface area (Å²) in [5.41, 5.74) is 2.20. The molecular weight excluding hydrogens is 302 g/mol. The number of aromatic nitrogens is 2. The van der Waals surface area contributed by atoms with Gasteiger partial charge < -0.3 is 5.32 Å². The average molecular weight is 315 g/mol. The molecule has 1 heterocycles. The molecule has 1 aromatic carbocycles. The van der Waals surface area contributed by atoms with E-state index in [2.05, 4.69) is 39.3 Å². The van der Waals surface area contributed by atoms with Crippen molar-refractivity contribution in [3.63, 3.8) is 0 Å². The molecule has 0 aliphatic rings. The normalized spacial score (nSPS) is 12.7. The van der Waals surface area contributed by atoms with E-state index in [0.29, 0.717) is 5.02 Å². The van der Waals surface area contributed by atoms with Gasteiger partial charge in [0.1, 0.15) is 0 Å². The predicted octanol–water partition coefficient (Wildman–Crippen LogP) is 3.57. The fraction of sp³-hybridized carbons (Fsp3) is 0.250. The predicted molar refractivity (Wildman–Crippen MR) is 73.7 cm³/mol. The van der Waals surface area contributed by atoms with Gasteiger partial charge in [0.05, 0.1) is 16.9 Å². The van der Waals surface area contributed by atoms with Crippen molar-refractivity contribution in [2.24, 2.45) is 0 Å². The Labute approximate surface area is 114 Å². The third-order valence-corrected chi connectivity index (χ3v) is 3.38. The van der Waals surface area contributed by atoms with Gasteiger partial charge in [0.25, 0.3) is 0 Å². The molecule has 1 N–H and O–H groups in total. The number of nitrogens with zero attached hydrogens (tertiary/aromatic N) is 2. The lowest BCUT2D eigenvalue weighted by atomic mass is 10.1. The largest absolute Gasteiger partial charge is 0.313 e. The van der Waals surface area contributed by atoms with Crippen molar-refractivity contribution in [3.8, 4) is 5.69 Å². The Morgan fingerprint density at radius 2 is 2.24 bits per heavy atom. The van der Waals surface area contributed by atoms with E-state index in [1.165, 1.54) is 5.56 Å². The van der Waals surface area contributed by atoms with Crippen LogP contribution in [-0.4, -0.2) is 16.8 Å². The van der Waals surface area contributed by atoms with Gasteiger partial charge in [0, 0.05) is 16.7 Å². The molecule has 0 aliphatic carbocycles. The van der Waals surface area contributed by atoms with Crippen LogP contribution in [0.2, 0.25) is 5.02 Å². The SMILES string of the molecule is CNC(C)c1ccc(Br)cc1-n1cc(Cl)cn1. The van der Waals surface area contributed by atoms with Crippen molar-refractivity contribution < 1.29 is 0 Å². The molecule has 1 unspecified atom stereocenters. The summed E-state index contributed by atoms with van der Waals surface area (Å²) in [6, 6.07) is 6.39. The molecular formula is C12H13BrClN3. The Morgan fingerprint density at radius 1 is 1.47 bits per heavy atom. The highest BCUT2D eigenvalue weighted by molar-refractivity contribution is 9.10. The number of nitrogens with one attached hydrogen (secondary N) is 1. The number of hydrogen-bond acceptors (Lipinski definition) is 2. The molecule has 90 valence electrons. The number of benzene rings is 1. The van der Waals surface area contributed by atoms with Crippen LogP contribution in [0.15, 0.2) is 35.1 Å². The first-order valence-electron chi connectivity index (χ1n) is 5.29. The van der Waals surface area contributed by atoms with Crippen LogP contribution >= 0.6 is 27.5 Å². The molecule has 0 spiro atoms. The summed E-state index contributed by atoms with van der Waals surface area (Å²) in [6.07, 6.45) is 3.44. The average Bonchev–Trinajstić information content (AvgIpc) is 2.75. The summed E-state index contributed by atoms with van der Waals surface area (Å²) >= 11 is 9.38. The summed E-state index contributed by atoms with van der Waals surface area (Å²) in [7, 11) is 1.94. The second-order valence-corrected chi connectivity index (χ2v) is 5.17. The Hall–Kier alpha value is -0.840. The molecule has 1 aromatic heterocycles. The molecule has 0 bridgehead atoms. The quantitative estimate of drug-likeness (QED) is 0.938. The van der Waals surface area contributed by atoms with Crippen molar-refractivity contribution in [2.45, 2.75) is 13.0 Å². The van der Waals surface area contributed by atoms with Gasteiger partial charge >= 0.3 is 0 Å². The van der Waals surface area contributed by atoms with Crippen LogP contribution < -0.4 is 5.32 Å². The highest BCUT2D eigenvalue weighted by Crippen LogP contribution is 2.25. The summed E-state index contributed by atoms with van der Waals surface area (Å²) in [6.45, 7) is 2.11. The monoisotopic (exact) mass is 313 g/mol. The molecule has 0 saturated carbocycles. The van der Waals surface area contributed by atoms with E-state index in [0.717, 1.165) is 10.2 Å². The minimum absolute atomic E-state index is 0.251. The molecule has 1 atom stereocenters. The number of rotatable bonds is 3. The van der Waals surface area contributed by atoms with E-state index >= 15 is 0 Å². The first-order chi connectivity index (χ1) is 8.11. The number of halogens is 2. The first kappa shape index (κ1) is 12.6. The fourth-order valence-electron chi connectivity index (χ4n) is 1.67. The smallest absolute Gasteiger partial charge is 0.0790 e. The lowest BCUT2D eigenvalue weighted by Gasteiger charge is -2.16. The summed E-state index contributed by atoms with van der Waals surface area (Å²) in [4.78, 5) is 0. The maximum atomic E-state index is 5.91. The van der Waals surface area contributed by atoms with Crippen molar-refractivity contribution in [1.29, 1.82) is 0 Å². The van der Waals surface area contributed by atoms with Crippen LogP contribution in [0.3, 0.4) is 0 Å². The first-order valence-corrected chi connectivity index (χ1v) is 6.46. The minimum atomic E-state index is 0.251. The van der Waals surface area contributed by atoms with Crippen LogP contribution in [0, 0.1) is 0 Å². The Kier molecular flexibility index (Phi) is 3.86. The van der Waals surface area contributed by atoms with Crippen molar-refractivity contribution >= 4 is 27.5 Å². The molecule has 2 aromatic rings. The van der Waals surface area contributed by atoms with E-state index in [9.17, 15) is 0 Å². The van der Waals surface area contributed by atoms with Gasteiger partial charge in [0.2, 0.25) is 0 Å². The Balaban J connectivity index is 2.54. The molecule has 0 fully saturated rings. The molecule has 2 rings (SSSR count). The van der Waals surface area contributed by atoms with Gasteiger partial charge in [-0.2, -0.15) is 5.10 Å². The Bertz CT molecular complexity index is 524. The van der Waals surface area contributed by atoms with Gasteiger partial charge in [0.15, 0.2) is 0 Å². The standard InChI is InChI=1S/C12H13BrClN3/c1-8(15-2)11-4-3-9(13)5-12(11)17-7-10(14)6-16-17/h3-8,15H,1-2H3. The molecule has 0 saturated heterocycles. The highest BCUT2D eigenvalue weighted by atomic mass is 79.9. The van der Waals surface area contributed by atoms with E-state index in [1.54, 1.807) is 17.1 Å². The fourth-order valence-corrected chi connectivity index (χ4v) is 2.15. The topological polar surface area (TPSA) is 29.9 Å². The highest BCUT2D eigenvalue weighted by Gasteiger charge is 2.11. The lowest BCUT2D eigenvalue weighted by molar-refractivity contribution is 0.644. The summed E-state index contributed by atoms with van der Waals surface area (Å²) in [5, 5.41) is 8.10. The maximum absolute atomic E-state index is 5.91. The zero-order chi connectivity index (χ0) is 12.4. The van der Waals surface area contributed by atoms with Crippen molar-refractivity contribution in [3.05, 3.63) is 45.7 Å². The molecule has 0 radical (unpaired) electrons. The van der Waals surface area contributed by atoms with Crippen LogP contribution in [0.25, 0.3) is 5.69 Å². The number of hydrogen-bond donors (Lipinski definition) is 1. The van der Waals surface area contributed by atoms with E-state index in [1.807, 2.05) is 19.2 Å². The van der Waals surface area contributed by atoms with Crippen molar-refractivity contribution in [1.82, 2.24) is 15.1 Å². The van der Waals surface area contributed by atoms with E-state index in [-0.39, 0.29) is 6.04 Å². The van der Waals surface area contributed by atoms with Gasteiger partial charge in [-0.3, -0.25) is 0 Å². The summed E-state index contributed by atoms with van der Waals surface area (Å²) in [5.74, 6) is 0. The molecule has 17 heavy (non-hydrogen) atoms. The van der Waals surface area contributed by atoms with Crippen LogP contribution in [0.4, 0.5) is 0 Å². The molecule has 5 heteroatoms. The third-order valence-electron chi connectivity index (χ3n) is 2.69. The third kappa shape index (κ3) is 2.70. The van der Waals surface area contributed by atoms with E-state index < -0.39 is 0 Å². The Morgan fingerprint density at radius 3 is 2.82 bits per heavy atom. The van der Waals surface area contributed by atoms with Gasteiger partial charge in [-0.15, -0.1) is 0 Å². The van der Waals surface area contributed by atoms with Crippen LogP contribution in [0.5, 0.6) is 0 Å². The lowest BCUT2D eigenvalue weighted by Crippen LogP contribution is -2.15. The second-order valence-electron chi connectivity index (χ2n) is 3.82. The van der Waals surface area contributed by atoms with Crippen LogP contribution in [-0.2, 0) is 0 Å². The molecule has 0 aliphatic heterocycles. The van der Waals surface area contributed by atoms with Gasteiger partial charge in [-0.1, -0.05) is 33.6 Å². The second kappa shape index (κ2) is 5.21. The maximum Gasteiger partial charge on any atom is 0.0790 e. The van der Waals surface area contributed by atoms with Gasteiger partial charge in [-0.25, -0.2) is 4.68 Å². The van der Waals surface area contributed by atoms with Crippen molar-refractivity contribution in [2.75, 3.05) is 7.05 Å². The summed E-state index contributed by atoms with van der Waals surface area (Å²) < 4.78 is 2.81. The molecule has 0 amide bonds. The van der Waals surface area contributed by atoms with E-state index in [4.69, 9.17) is 11.6 Å². The zero-order valence-corrected chi connectivity index (χ0v) is 12.0. The zero-order valence-electron chi connectivity index (χ0n) is 9.61.